The second kappa shape index (κ2) is 14.0. The Bertz CT molecular complexity index is 288. The molecule has 154 valence electrons. The quantitative estimate of drug-likeness (QED) is 0.249. The predicted octanol–water partition coefficient (Wildman–Crippen LogP) is 7.33. The minimum Gasteiger partial charge on any atom is -0.241 e. The Hall–Kier alpha value is -0.0800. The van der Waals surface area contributed by atoms with E-state index in [0.29, 0.717) is 0 Å². The highest BCUT2D eigenvalue weighted by Gasteiger charge is 2.32. The lowest BCUT2D eigenvalue weighted by Gasteiger charge is -2.48. The van der Waals surface area contributed by atoms with Gasteiger partial charge in [0.15, 0.2) is 0 Å². The second-order valence-electron chi connectivity index (χ2n) is 9.04. The van der Waals surface area contributed by atoms with Gasteiger partial charge in [-0.2, -0.15) is 0 Å². The molecule has 2 heteroatoms. The summed E-state index contributed by atoms with van der Waals surface area (Å²) in [5, 5.41) is 5.85. The van der Waals surface area contributed by atoms with E-state index in [9.17, 15) is 0 Å². The van der Waals surface area contributed by atoms with E-state index in [-0.39, 0.29) is 0 Å². The molecule has 2 aliphatic rings. The van der Waals surface area contributed by atoms with Crippen molar-refractivity contribution >= 4 is 0 Å². The Morgan fingerprint density at radius 2 is 0.962 bits per heavy atom. The molecule has 0 heterocycles. The van der Waals surface area contributed by atoms with Gasteiger partial charge < -0.3 is 0 Å². The molecule has 2 rings (SSSR count). The molecule has 2 fully saturated rings. The molecule has 0 aromatic rings. The molecule has 2 aliphatic carbocycles. The third-order valence-corrected chi connectivity index (χ3v) is 6.76. The molecule has 0 unspecified atom stereocenters. The molecular weight excluding hydrogens is 316 g/mol. The number of nitrogens with zero attached hydrogens (tertiary/aromatic N) is 2. The molecule has 0 atom stereocenters. The van der Waals surface area contributed by atoms with Crippen LogP contribution in [-0.4, -0.2) is 35.2 Å². The highest BCUT2D eigenvalue weighted by molar-refractivity contribution is 4.83. The molecule has 0 N–H and O–H groups in total. The highest BCUT2D eigenvalue weighted by Crippen LogP contribution is 2.32. The first-order chi connectivity index (χ1) is 12.9. The maximum absolute atomic E-state index is 2.98. The van der Waals surface area contributed by atoms with Crippen LogP contribution < -0.4 is 0 Å². The van der Waals surface area contributed by atoms with Crippen LogP contribution in [0.15, 0.2) is 0 Å². The van der Waals surface area contributed by atoms with E-state index in [1.807, 2.05) is 0 Å². The van der Waals surface area contributed by atoms with Gasteiger partial charge in [-0.05, 0) is 38.5 Å². The third-order valence-electron chi connectivity index (χ3n) is 6.76. The van der Waals surface area contributed by atoms with Crippen LogP contribution in [0, 0.1) is 0 Å². The van der Waals surface area contributed by atoms with Gasteiger partial charge in [0.1, 0.15) is 0 Å². The van der Waals surface area contributed by atoms with Crippen LogP contribution in [0.3, 0.4) is 0 Å². The highest BCUT2D eigenvalue weighted by atomic mass is 15.6. The fourth-order valence-electron chi connectivity index (χ4n) is 5.24. The fraction of sp³-hybridized carbons (Fsp3) is 1.00. The summed E-state index contributed by atoms with van der Waals surface area (Å²) in [5.74, 6) is 0. The van der Waals surface area contributed by atoms with Crippen molar-refractivity contribution in [1.29, 1.82) is 0 Å². The van der Waals surface area contributed by atoms with Crippen LogP contribution in [0.1, 0.15) is 129 Å². The summed E-state index contributed by atoms with van der Waals surface area (Å²) in [6.07, 6.45) is 25.8. The summed E-state index contributed by atoms with van der Waals surface area (Å²) >= 11 is 0. The van der Waals surface area contributed by atoms with E-state index in [1.54, 1.807) is 0 Å². The van der Waals surface area contributed by atoms with Crippen LogP contribution in [0.25, 0.3) is 0 Å². The number of unbranched alkanes of at least 4 members (excludes halogenated alkanes) is 6. The molecule has 0 radical (unpaired) electrons. The second-order valence-corrected chi connectivity index (χ2v) is 9.04. The standard InChI is InChI=1S/C24H48N2/c1-3-5-7-15-21-25(22-16-8-6-4-2)26(23-17-11-9-12-18-23)24-19-13-10-14-20-24/h23-24H,3-22H2,1-2H3. The Morgan fingerprint density at radius 1 is 0.538 bits per heavy atom. The van der Waals surface area contributed by atoms with Crippen molar-refractivity contribution < 1.29 is 0 Å². The maximum atomic E-state index is 2.98. The summed E-state index contributed by atoms with van der Waals surface area (Å²) in [6.45, 7) is 7.30. The zero-order chi connectivity index (χ0) is 18.5. The van der Waals surface area contributed by atoms with E-state index < -0.39 is 0 Å². The van der Waals surface area contributed by atoms with Crippen molar-refractivity contribution in [1.82, 2.24) is 10.0 Å². The van der Waals surface area contributed by atoms with Crippen molar-refractivity contribution in [3.8, 4) is 0 Å². The predicted molar refractivity (Wildman–Crippen MR) is 115 cm³/mol. The molecule has 0 aromatic heterocycles. The first kappa shape index (κ1) is 22.2. The minimum absolute atomic E-state index is 0.851. The van der Waals surface area contributed by atoms with E-state index in [2.05, 4.69) is 23.9 Å². The van der Waals surface area contributed by atoms with Gasteiger partial charge in [-0.25, -0.2) is 10.0 Å². The summed E-state index contributed by atoms with van der Waals surface area (Å²) in [7, 11) is 0. The Balaban J connectivity index is 2.00. The third kappa shape index (κ3) is 7.89. The summed E-state index contributed by atoms with van der Waals surface area (Å²) in [6, 6.07) is 1.70. The Labute approximate surface area is 165 Å². The Kier molecular flexibility index (Phi) is 12.0. The van der Waals surface area contributed by atoms with E-state index in [1.165, 1.54) is 129 Å². The zero-order valence-corrected chi connectivity index (χ0v) is 18.2. The van der Waals surface area contributed by atoms with Crippen molar-refractivity contribution in [2.75, 3.05) is 13.1 Å². The van der Waals surface area contributed by atoms with Crippen molar-refractivity contribution in [2.45, 2.75) is 142 Å². The smallest absolute Gasteiger partial charge is 0.0249 e. The Morgan fingerprint density at radius 3 is 1.35 bits per heavy atom. The average Bonchev–Trinajstić information content (AvgIpc) is 2.70. The van der Waals surface area contributed by atoms with Gasteiger partial charge in [0, 0.05) is 25.2 Å². The van der Waals surface area contributed by atoms with Crippen LogP contribution in [-0.2, 0) is 0 Å². The zero-order valence-electron chi connectivity index (χ0n) is 18.2. The van der Waals surface area contributed by atoms with Gasteiger partial charge in [0.2, 0.25) is 0 Å². The SMILES string of the molecule is CCCCCCN(CCCCCC)N(C1CCCCC1)C1CCCCC1. The van der Waals surface area contributed by atoms with Crippen LogP contribution in [0.5, 0.6) is 0 Å². The van der Waals surface area contributed by atoms with Crippen molar-refractivity contribution in [3.05, 3.63) is 0 Å². The molecule has 0 bridgehead atoms. The van der Waals surface area contributed by atoms with E-state index >= 15 is 0 Å². The van der Waals surface area contributed by atoms with Gasteiger partial charge in [-0.3, -0.25) is 0 Å². The van der Waals surface area contributed by atoms with Crippen molar-refractivity contribution in [3.63, 3.8) is 0 Å². The van der Waals surface area contributed by atoms with Gasteiger partial charge in [0.05, 0.1) is 0 Å². The molecule has 0 saturated heterocycles. The number of hydrogen-bond acceptors (Lipinski definition) is 2. The maximum Gasteiger partial charge on any atom is 0.0249 e. The van der Waals surface area contributed by atoms with Gasteiger partial charge in [0.25, 0.3) is 0 Å². The number of hydrazine groups is 1. The van der Waals surface area contributed by atoms with Crippen molar-refractivity contribution in [2.24, 2.45) is 0 Å². The average molecular weight is 365 g/mol. The van der Waals surface area contributed by atoms with E-state index in [0.717, 1.165) is 12.1 Å². The fourth-order valence-corrected chi connectivity index (χ4v) is 5.24. The van der Waals surface area contributed by atoms with Gasteiger partial charge >= 0.3 is 0 Å². The normalized spacial score (nSPS) is 20.3. The number of rotatable bonds is 13. The summed E-state index contributed by atoms with van der Waals surface area (Å²) in [5.41, 5.74) is 0. The summed E-state index contributed by atoms with van der Waals surface area (Å²) in [4.78, 5) is 0. The van der Waals surface area contributed by atoms with Gasteiger partial charge in [-0.1, -0.05) is 90.9 Å². The summed E-state index contributed by atoms with van der Waals surface area (Å²) < 4.78 is 0. The molecule has 26 heavy (non-hydrogen) atoms. The first-order valence-corrected chi connectivity index (χ1v) is 12.4. The molecule has 2 saturated carbocycles. The van der Waals surface area contributed by atoms with Crippen LogP contribution in [0.2, 0.25) is 0 Å². The van der Waals surface area contributed by atoms with E-state index in [4.69, 9.17) is 0 Å². The first-order valence-electron chi connectivity index (χ1n) is 12.4. The molecule has 0 aliphatic heterocycles. The molecule has 0 amide bonds. The molecular formula is C24H48N2. The van der Waals surface area contributed by atoms with Gasteiger partial charge in [-0.15, -0.1) is 0 Å². The number of hydrogen-bond donors (Lipinski definition) is 0. The molecule has 0 aromatic carbocycles. The monoisotopic (exact) mass is 364 g/mol. The molecule has 2 nitrogen and oxygen atoms in total. The lowest BCUT2D eigenvalue weighted by atomic mass is 9.90. The topological polar surface area (TPSA) is 6.48 Å². The minimum atomic E-state index is 0.851. The van der Waals surface area contributed by atoms with Crippen LogP contribution in [0.4, 0.5) is 0 Å². The lowest BCUT2D eigenvalue weighted by molar-refractivity contribution is -0.113. The van der Waals surface area contributed by atoms with Crippen LogP contribution >= 0.6 is 0 Å². The lowest BCUT2D eigenvalue weighted by Crippen LogP contribution is -2.55. The largest absolute Gasteiger partial charge is 0.241 e. The molecule has 0 spiro atoms.